The quantitative estimate of drug-likeness (QED) is 0.749. The summed E-state index contributed by atoms with van der Waals surface area (Å²) >= 11 is 2.04. The number of thioether (sulfide) groups is 1. The van der Waals surface area contributed by atoms with Gasteiger partial charge in [0, 0.05) is 16.7 Å². The van der Waals surface area contributed by atoms with Crippen LogP contribution >= 0.6 is 11.8 Å². The Morgan fingerprint density at radius 1 is 1.43 bits per heavy atom. The first-order valence-corrected chi connectivity index (χ1v) is 6.10. The highest BCUT2D eigenvalue weighted by atomic mass is 32.2. The summed E-state index contributed by atoms with van der Waals surface area (Å²) in [5.74, 6) is 0. The lowest BCUT2D eigenvalue weighted by Crippen LogP contribution is -2.26. The van der Waals surface area contributed by atoms with E-state index in [1.165, 1.54) is 23.4 Å². The topological polar surface area (TPSA) is 3.24 Å². The first kappa shape index (κ1) is 10.1. The average Bonchev–Trinajstić information content (AvgIpc) is 2.59. The van der Waals surface area contributed by atoms with Crippen LogP contribution in [0, 0.1) is 0 Å². The van der Waals surface area contributed by atoms with Gasteiger partial charge in [0.1, 0.15) is 0 Å². The highest BCUT2D eigenvalue weighted by molar-refractivity contribution is 8.00. The van der Waals surface area contributed by atoms with Gasteiger partial charge in [0.05, 0.1) is 0 Å². The van der Waals surface area contributed by atoms with E-state index in [-0.39, 0.29) is 0 Å². The molecule has 1 aromatic carbocycles. The van der Waals surface area contributed by atoms with Gasteiger partial charge in [-0.15, -0.1) is 11.8 Å². The fourth-order valence-electron chi connectivity index (χ4n) is 1.83. The Kier molecular flexibility index (Phi) is 3.14. The third-order valence-electron chi connectivity index (χ3n) is 2.77. The van der Waals surface area contributed by atoms with E-state index in [4.69, 9.17) is 0 Å². The van der Waals surface area contributed by atoms with E-state index in [9.17, 15) is 0 Å². The predicted octanol–water partition coefficient (Wildman–Crippen LogP) is 2.66. The van der Waals surface area contributed by atoms with Gasteiger partial charge in [0.15, 0.2) is 0 Å². The van der Waals surface area contributed by atoms with Gasteiger partial charge in [-0.1, -0.05) is 25.1 Å². The minimum Gasteiger partial charge on any atom is -0.306 e. The predicted molar refractivity (Wildman–Crippen MR) is 63.0 cm³/mol. The number of nitrogens with zero attached hydrogens (tertiary/aromatic N) is 1. The van der Waals surface area contributed by atoms with Crippen molar-refractivity contribution < 1.29 is 0 Å². The summed E-state index contributed by atoms with van der Waals surface area (Å²) in [6.07, 6.45) is 1.24. The summed E-state index contributed by atoms with van der Waals surface area (Å²) in [5, 5.41) is 0.761. The first-order valence-electron chi connectivity index (χ1n) is 5.22. The summed E-state index contributed by atoms with van der Waals surface area (Å²) in [6, 6.07) is 8.78. The van der Waals surface area contributed by atoms with Crippen LogP contribution in [-0.2, 0) is 6.42 Å². The Labute approximate surface area is 90.5 Å². The van der Waals surface area contributed by atoms with Crippen molar-refractivity contribution in [2.75, 3.05) is 20.1 Å². The highest BCUT2D eigenvalue weighted by Gasteiger charge is 2.22. The van der Waals surface area contributed by atoms with E-state index in [1.807, 2.05) is 11.8 Å². The maximum Gasteiger partial charge on any atom is 0.0262 e. The smallest absolute Gasteiger partial charge is 0.0262 e. The number of rotatable bonds is 3. The molecule has 2 heteroatoms. The van der Waals surface area contributed by atoms with Crippen LogP contribution in [0.2, 0.25) is 0 Å². The zero-order valence-corrected chi connectivity index (χ0v) is 9.68. The molecule has 0 amide bonds. The van der Waals surface area contributed by atoms with Gasteiger partial charge >= 0.3 is 0 Å². The highest BCUT2D eigenvalue weighted by Crippen LogP contribution is 2.36. The van der Waals surface area contributed by atoms with Crippen LogP contribution in [-0.4, -0.2) is 30.3 Å². The van der Waals surface area contributed by atoms with E-state index >= 15 is 0 Å². The van der Waals surface area contributed by atoms with E-state index < -0.39 is 0 Å². The summed E-state index contributed by atoms with van der Waals surface area (Å²) in [6.45, 7) is 4.57. The van der Waals surface area contributed by atoms with Crippen LogP contribution in [0.1, 0.15) is 12.5 Å². The number of hydrogen-bond acceptors (Lipinski definition) is 2. The number of benzene rings is 1. The van der Waals surface area contributed by atoms with Crippen LogP contribution in [0.5, 0.6) is 0 Å². The van der Waals surface area contributed by atoms with Gasteiger partial charge in [0.25, 0.3) is 0 Å². The number of hydrogen-bond donors (Lipinski definition) is 0. The molecule has 1 nitrogen and oxygen atoms in total. The van der Waals surface area contributed by atoms with Crippen LogP contribution in [0.15, 0.2) is 29.2 Å². The van der Waals surface area contributed by atoms with Gasteiger partial charge < -0.3 is 4.90 Å². The molecule has 0 fully saturated rings. The van der Waals surface area contributed by atoms with Crippen LogP contribution in [0.25, 0.3) is 0 Å². The van der Waals surface area contributed by atoms with Gasteiger partial charge in [-0.2, -0.15) is 0 Å². The lowest BCUT2D eigenvalue weighted by atomic mass is 10.1. The van der Waals surface area contributed by atoms with Crippen molar-refractivity contribution in [3.05, 3.63) is 29.8 Å². The van der Waals surface area contributed by atoms with E-state index in [0.29, 0.717) is 0 Å². The van der Waals surface area contributed by atoms with E-state index in [0.717, 1.165) is 11.8 Å². The molecular weight excluding hydrogens is 190 g/mol. The minimum absolute atomic E-state index is 0.761. The molecule has 0 aromatic heterocycles. The van der Waals surface area contributed by atoms with Crippen molar-refractivity contribution in [1.82, 2.24) is 4.90 Å². The van der Waals surface area contributed by atoms with Gasteiger partial charge in [-0.25, -0.2) is 0 Å². The monoisotopic (exact) mass is 207 g/mol. The lowest BCUT2D eigenvalue weighted by Gasteiger charge is -2.17. The second-order valence-corrected chi connectivity index (χ2v) is 5.25. The fraction of sp³-hybridized carbons (Fsp3) is 0.500. The van der Waals surface area contributed by atoms with Gasteiger partial charge in [-0.05, 0) is 31.6 Å². The molecule has 76 valence electrons. The standard InChI is InChI=1S/C12H17NS/c1-3-13(2)9-11-8-10-6-4-5-7-12(10)14-11/h4-7,11H,3,8-9H2,1-2H3. The maximum atomic E-state index is 2.39. The average molecular weight is 207 g/mol. The molecule has 1 aliphatic rings. The summed E-state index contributed by atoms with van der Waals surface area (Å²) < 4.78 is 0. The summed E-state index contributed by atoms with van der Waals surface area (Å²) in [7, 11) is 2.20. The van der Waals surface area contributed by atoms with Crippen LogP contribution < -0.4 is 0 Å². The molecule has 1 aliphatic heterocycles. The Hall–Kier alpha value is -0.470. The molecule has 0 spiro atoms. The van der Waals surface area contributed by atoms with Crippen molar-refractivity contribution in [3.63, 3.8) is 0 Å². The van der Waals surface area contributed by atoms with Gasteiger partial charge in [-0.3, -0.25) is 0 Å². The third kappa shape index (κ3) is 2.12. The minimum atomic E-state index is 0.761. The van der Waals surface area contributed by atoms with Crippen LogP contribution in [0.3, 0.4) is 0 Å². The summed E-state index contributed by atoms with van der Waals surface area (Å²) in [5.41, 5.74) is 1.53. The Bertz CT molecular complexity index is 286. The van der Waals surface area contributed by atoms with Crippen molar-refractivity contribution in [2.24, 2.45) is 0 Å². The second kappa shape index (κ2) is 4.37. The fourth-order valence-corrected chi connectivity index (χ4v) is 3.24. The second-order valence-electron chi connectivity index (χ2n) is 3.91. The van der Waals surface area contributed by atoms with E-state index in [2.05, 4.69) is 43.1 Å². The Morgan fingerprint density at radius 2 is 2.21 bits per heavy atom. The summed E-state index contributed by atoms with van der Waals surface area (Å²) in [4.78, 5) is 3.88. The zero-order chi connectivity index (χ0) is 9.97. The Morgan fingerprint density at radius 3 is 2.93 bits per heavy atom. The molecule has 1 heterocycles. The normalized spacial score (nSPS) is 20.1. The zero-order valence-electron chi connectivity index (χ0n) is 8.86. The van der Waals surface area contributed by atoms with Crippen LogP contribution in [0.4, 0.5) is 0 Å². The molecule has 0 radical (unpaired) electrons. The molecule has 0 N–H and O–H groups in total. The lowest BCUT2D eigenvalue weighted by molar-refractivity contribution is 0.353. The third-order valence-corrected chi connectivity index (χ3v) is 4.07. The molecule has 2 rings (SSSR count). The molecule has 14 heavy (non-hydrogen) atoms. The van der Waals surface area contributed by atoms with Gasteiger partial charge in [0.2, 0.25) is 0 Å². The first-order chi connectivity index (χ1) is 6.79. The SMILES string of the molecule is CCN(C)CC1Cc2ccccc2S1. The largest absolute Gasteiger partial charge is 0.306 e. The molecule has 0 saturated heterocycles. The molecule has 1 atom stereocenters. The van der Waals surface area contributed by atoms with E-state index in [1.54, 1.807) is 0 Å². The molecule has 0 aliphatic carbocycles. The molecule has 0 bridgehead atoms. The molecule has 0 saturated carbocycles. The molecular formula is C12H17NS. The van der Waals surface area contributed by atoms with Crippen molar-refractivity contribution >= 4 is 11.8 Å². The maximum absolute atomic E-state index is 2.39. The van der Waals surface area contributed by atoms with Crippen molar-refractivity contribution in [3.8, 4) is 0 Å². The van der Waals surface area contributed by atoms with Crippen molar-refractivity contribution in [2.45, 2.75) is 23.5 Å². The van der Waals surface area contributed by atoms with Crippen molar-refractivity contribution in [1.29, 1.82) is 0 Å². The Balaban J connectivity index is 1.98. The number of fused-ring (bicyclic) bond motifs is 1. The molecule has 1 aromatic rings. The molecule has 1 unspecified atom stereocenters.